The Morgan fingerprint density at radius 1 is 1.14 bits per heavy atom. The first-order valence-electron chi connectivity index (χ1n) is 9.56. The van der Waals surface area contributed by atoms with Crippen LogP contribution in [0.5, 0.6) is 0 Å². The summed E-state index contributed by atoms with van der Waals surface area (Å²) in [5.41, 5.74) is 3.08. The monoisotopic (exact) mass is 392 g/mol. The summed E-state index contributed by atoms with van der Waals surface area (Å²) in [7, 11) is 0. The number of fused-ring (bicyclic) bond motifs is 1. The van der Waals surface area contributed by atoms with Gasteiger partial charge in [0.05, 0.1) is 5.56 Å². The molecule has 0 aliphatic carbocycles. The van der Waals surface area contributed by atoms with Crippen LogP contribution in [0.15, 0.2) is 59.0 Å². The maximum absolute atomic E-state index is 13.9. The number of furan rings is 1. The van der Waals surface area contributed by atoms with Crippen molar-refractivity contribution in [3.8, 4) is 11.3 Å². The van der Waals surface area contributed by atoms with Gasteiger partial charge in [-0.05, 0) is 54.4 Å². The molecule has 0 bridgehead atoms. The summed E-state index contributed by atoms with van der Waals surface area (Å²) < 4.78 is 19.5. The third-order valence-electron chi connectivity index (χ3n) is 5.04. The second-order valence-electron chi connectivity index (χ2n) is 7.06. The van der Waals surface area contributed by atoms with Gasteiger partial charge in [-0.25, -0.2) is 4.39 Å². The highest BCUT2D eigenvalue weighted by atomic mass is 19.1. The molecule has 0 saturated carbocycles. The molecule has 0 fully saturated rings. The zero-order chi connectivity index (χ0) is 20.4. The molecule has 1 aliphatic rings. The van der Waals surface area contributed by atoms with Crippen molar-refractivity contribution < 1.29 is 18.4 Å². The molecule has 0 unspecified atom stereocenters. The molecule has 29 heavy (non-hydrogen) atoms. The minimum atomic E-state index is -0.342. The van der Waals surface area contributed by atoms with Gasteiger partial charge in [0.15, 0.2) is 0 Å². The third kappa shape index (κ3) is 4.06. The predicted molar refractivity (Wildman–Crippen MR) is 109 cm³/mol. The fraction of sp³-hybridized carbons (Fsp3) is 0.217. The molecule has 0 atom stereocenters. The normalized spacial score (nSPS) is 12.7. The number of hydrogen-bond donors (Lipinski definition) is 1. The van der Waals surface area contributed by atoms with Crippen molar-refractivity contribution >= 4 is 23.2 Å². The molecule has 5 nitrogen and oxygen atoms in total. The summed E-state index contributed by atoms with van der Waals surface area (Å²) >= 11 is 0. The van der Waals surface area contributed by atoms with Crippen molar-refractivity contribution in [2.24, 2.45) is 0 Å². The molecule has 1 aliphatic heterocycles. The van der Waals surface area contributed by atoms with Crippen LogP contribution in [-0.4, -0.2) is 18.4 Å². The third-order valence-corrected chi connectivity index (χ3v) is 5.04. The predicted octanol–water partition coefficient (Wildman–Crippen LogP) is 4.57. The second kappa shape index (κ2) is 7.91. The smallest absolute Gasteiger partial charge is 0.224 e. The molecule has 148 valence electrons. The first kappa shape index (κ1) is 18.9. The van der Waals surface area contributed by atoms with Crippen LogP contribution in [0.1, 0.15) is 24.7 Å². The molecule has 1 N–H and O–H groups in total. The van der Waals surface area contributed by atoms with Crippen LogP contribution in [0.4, 0.5) is 15.8 Å². The maximum atomic E-state index is 13.9. The molecule has 2 aromatic carbocycles. The van der Waals surface area contributed by atoms with Gasteiger partial charge >= 0.3 is 0 Å². The second-order valence-corrected chi connectivity index (χ2v) is 7.06. The van der Waals surface area contributed by atoms with Crippen molar-refractivity contribution in [3.63, 3.8) is 0 Å². The van der Waals surface area contributed by atoms with E-state index in [1.165, 1.54) is 6.07 Å². The fourth-order valence-electron chi connectivity index (χ4n) is 3.58. The topological polar surface area (TPSA) is 62.6 Å². The first-order chi connectivity index (χ1) is 14.0. The van der Waals surface area contributed by atoms with E-state index in [1.54, 1.807) is 48.2 Å². The lowest BCUT2D eigenvalue weighted by atomic mass is 10.1. The van der Waals surface area contributed by atoms with Gasteiger partial charge in [-0.2, -0.15) is 0 Å². The van der Waals surface area contributed by atoms with E-state index in [4.69, 9.17) is 4.42 Å². The fourth-order valence-corrected chi connectivity index (χ4v) is 3.58. The van der Waals surface area contributed by atoms with Crippen molar-refractivity contribution in [3.05, 3.63) is 71.7 Å². The van der Waals surface area contributed by atoms with Crippen LogP contribution in [0.2, 0.25) is 0 Å². The number of hydrogen-bond acceptors (Lipinski definition) is 3. The highest BCUT2D eigenvalue weighted by Crippen LogP contribution is 2.30. The molecule has 4 rings (SSSR count). The number of nitrogens with zero attached hydrogens (tertiary/aromatic N) is 1. The number of carbonyl (C=O) groups excluding carboxylic acids is 2. The van der Waals surface area contributed by atoms with E-state index in [2.05, 4.69) is 5.32 Å². The number of rotatable bonds is 5. The number of nitrogens with one attached hydrogen (secondary N) is 1. The van der Waals surface area contributed by atoms with Gasteiger partial charge in [0.2, 0.25) is 11.8 Å². The van der Waals surface area contributed by atoms with Crippen LogP contribution < -0.4 is 10.2 Å². The van der Waals surface area contributed by atoms with E-state index in [-0.39, 0.29) is 24.1 Å². The number of aryl methyl sites for hydroxylation is 1. The van der Waals surface area contributed by atoms with Gasteiger partial charge in [0.25, 0.3) is 0 Å². The van der Waals surface area contributed by atoms with Crippen LogP contribution in [0.3, 0.4) is 0 Å². The van der Waals surface area contributed by atoms with Gasteiger partial charge in [-0.3, -0.25) is 9.59 Å². The van der Waals surface area contributed by atoms with Crippen LogP contribution >= 0.6 is 0 Å². The number of anilines is 2. The van der Waals surface area contributed by atoms with Gasteiger partial charge < -0.3 is 14.6 Å². The number of halogens is 1. The van der Waals surface area contributed by atoms with Crippen molar-refractivity contribution in [1.82, 2.24) is 0 Å². The summed E-state index contributed by atoms with van der Waals surface area (Å²) in [5, 5.41) is 2.89. The average Bonchev–Trinajstić information content (AvgIpc) is 3.33. The Hall–Kier alpha value is -3.41. The zero-order valence-electron chi connectivity index (χ0n) is 16.1. The molecule has 0 spiro atoms. The van der Waals surface area contributed by atoms with Gasteiger partial charge in [0.1, 0.15) is 17.3 Å². The van der Waals surface area contributed by atoms with E-state index in [0.29, 0.717) is 35.7 Å². The molecule has 0 radical (unpaired) electrons. The Labute approximate surface area is 168 Å². The van der Waals surface area contributed by atoms with Gasteiger partial charge in [0, 0.05) is 37.7 Å². The van der Waals surface area contributed by atoms with Gasteiger partial charge in [-0.15, -0.1) is 0 Å². The summed E-state index contributed by atoms with van der Waals surface area (Å²) in [6.45, 7) is 2.22. The Balaban J connectivity index is 1.36. The minimum absolute atomic E-state index is 0.0220. The molecule has 2 amide bonds. The quantitative estimate of drug-likeness (QED) is 0.692. The van der Waals surface area contributed by atoms with Gasteiger partial charge in [-0.1, -0.05) is 12.1 Å². The van der Waals surface area contributed by atoms with E-state index >= 15 is 0 Å². The van der Waals surface area contributed by atoms with Crippen LogP contribution in [-0.2, 0) is 22.4 Å². The molecular formula is C23H21FN2O3. The summed E-state index contributed by atoms with van der Waals surface area (Å²) in [6.07, 6.45) is 1.45. The standard InChI is InChI=1S/C23H21FN2O3/c1-15(27)26-13-12-16-14-17(6-9-21(16)26)25-23(28)11-8-18-7-10-22(29-18)19-4-2-3-5-20(19)24/h2-7,9-10,14H,8,11-13H2,1H3,(H,25,28). The van der Waals surface area contributed by atoms with Crippen molar-refractivity contribution in [2.75, 3.05) is 16.8 Å². The highest BCUT2D eigenvalue weighted by Gasteiger charge is 2.22. The van der Waals surface area contributed by atoms with Crippen LogP contribution in [0.25, 0.3) is 11.3 Å². The van der Waals surface area contributed by atoms with Crippen LogP contribution in [0, 0.1) is 5.82 Å². The molecule has 1 aromatic heterocycles. The highest BCUT2D eigenvalue weighted by molar-refractivity contribution is 5.95. The lowest BCUT2D eigenvalue weighted by Crippen LogP contribution is -2.25. The van der Waals surface area contributed by atoms with Crippen molar-refractivity contribution in [1.29, 1.82) is 0 Å². The largest absolute Gasteiger partial charge is 0.461 e. The number of carbonyl (C=O) groups is 2. The average molecular weight is 392 g/mol. The summed E-state index contributed by atoms with van der Waals surface area (Å²) in [6, 6.07) is 15.5. The number of benzene rings is 2. The maximum Gasteiger partial charge on any atom is 0.224 e. The Kier molecular flexibility index (Phi) is 5.16. The SMILES string of the molecule is CC(=O)N1CCc2cc(NC(=O)CCc3ccc(-c4ccccc4F)o3)ccc21. The lowest BCUT2D eigenvalue weighted by Gasteiger charge is -2.15. The Morgan fingerprint density at radius 2 is 1.97 bits per heavy atom. The molecule has 3 aromatic rings. The van der Waals surface area contributed by atoms with E-state index in [1.807, 2.05) is 12.1 Å². The summed E-state index contributed by atoms with van der Waals surface area (Å²) in [4.78, 5) is 25.7. The Bertz CT molecular complexity index is 1070. The molecule has 0 saturated heterocycles. The molecule has 6 heteroatoms. The van der Waals surface area contributed by atoms with Crippen molar-refractivity contribution in [2.45, 2.75) is 26.2 Å². The first-order valence-corrected chi connectivity index (χ1v) is 9.56. The van der Waals surface area contributed by atoms with E-state index in [0.717, 1.165) is 17.7 Å². The Morgan fingerprint density at radius 3 is 2.76 bits per heavy atom. The van der Waals surface area contributed by atoms with E-state index < -0.39 is 0 Å². The molecule has 2 heterocycles. The zero-order valence-corrected chi connectivity index (χ0v) is 16.1. The lowest BCUT2D eigenvalue weighted by molar-refractivity contribution is -0.117. The minimum Gasteiger partial charge on any atom is -0.461 e. The summed E-state index contributed by atoms with van der Waals surface area (Å²) in [5.74, 6) is 0.631. The molecular weight excluding hydrogens is 371 g/mol. The number of amides is 2. The van der Waals surface area contributed by atoms with E-state index in [9.17, 15) is 14.0 Å².